The molecule has 0 radical (unpaired) electrons. The van der Waals surface area contributed by atoms with Gasteiger partial charge in [-0.3, -0.25) is 4.79 Å². The Kier molecular flexibility index (Phi) is 2.54. The molecule has 0 aliphatic heterocycles. The van der Waals surface area contributed by atoms with E-state index in [1.54, 1.807) is 13.2 Å². The first-order valence-electron chi connectivity index (χ1n) is 3.05. The monoisotopic (exact) mass is 279 g/mol. The van der Waals surface area contributed by atoms with Gasteiger partial charge in [0, 0.05) is 17.7 Å². The van der Waals surface area contributed by atoms with Gasteiger partial charge in [0.2, 0.25) is 0 Å². The fourth-order valence-electron chi connectivity index (χ4n) is 0.746. The lowest BCUT2D eigenvalue weighted by molar-refractivity contribution is 0.842. The molecule has 0 spiro atoms. The van der Waals surface area contributed by atoms with Crippen molar-refractivity contribution in [2.45, 2.75) is 6.92 Å². The second-order valence-electron chi connectivity index (χ2n) is 2.33. The van der Waals surface area contributed by atoms with Crippen LogP contribution < -0.4 is 5.56 Å². The second-order valence-corrected chi connectivity index (χ2v) is 3.98. The summed E-state index contributed by atoms with van der Waals surface area (Å²) in [6.07, 6.45) is 1.75. The van der Waals surface area contributed by atoms with Crippen molar-refractivity contribution in [2.75, 3.05) is 0 Å². The molecule has 2 nitrogen and oxygen atoms in total. The largest absolute Gasteiger partial charge is 0.316 e. The van der Waals surface area contributed by atoms with E-state index in [-0.39, 0.29) is 5.56 Å². The molecular weight excluding hydrogens is 274 g/mol. The van der Waals surface area contributed by atoms with Crippen molar-refractivity contribution in [1.29, 1.82) is 0 Å². The first kappa shape index (κ1) is 9.00. The van der Waals surface area contributed by atoms with Crippen molar-refractivity contribution in [3.8, 4) is 0 Å². The molecule has 0 bridgehead atoms. The minimum atomic E-state index is -0.00861. The molecular formula is C7H7Br2NO. The van der Waals surface area contributed by atoms with E-state index in [2.05, 4.69) is 31.9 Å². The summed E-state index contributed by atoms with van der Waals surface area (Å²) in [6, 6.07) is 0. The van der Waals surface area contributed by atoms with Crippen LogP contribution in [0.1, 0.15) is 5.56 Å². The zero-order valence-corrected chi connectivity index (χ0v) is 9.36. The Bertz CT molecular complexity index is 343. The van der Waals surface area contributed by atoms with E-state index in [4.69, 9.17) is 0 Å². The van der Waals surface area contributed by atoms with Gasteiger partial charge in [0.05, 0.1) is 4.47 Å². The molecule has 1 heterocycles. The molecule has 0 aliphatic carbocycles. The van der Waals surface area contributed by atoms with Crippen LogP contribution in [-0.4, -0.2) is 4.57 Å². The molecule has 0 N–H and O–H groups in total. The van der Waals surface area contributed by atoms with Crippen molar-refractivity contribution in [3.63, 3.8) is 0 Å². The third-order valence-electron chi connectivity index (χ3n) is 1.50. The van der Waals surface area contributed by atoms with E-state index >= 15 is 0 Å². The SMILES string of the molecule is Cc1c(Br)cn(C)c(=O)c1Br. The van der Waals surface area contributed by atoms with Gasteiger partial charge in [-0.15, -0.1) is 0 Å². The van der Waals surface area contributed by atoms with Crippen LogP contribution in [-0.2, 0) is 7.05 Å². The fraction of sp³-hybridized carbons (Fsp3) is 0.286. The van der Waals surface area contributed by atoms with Gasteiger partial charge >= 0.3 is 0 Å². The van der Waals surface area contributed by atoms with E-state index < -0.39 is 0 Å². The Morgan fingerprint density at radius 3 is 2.55 bits per heavy atom. The molecule has 0 fully saturated rings. The molecule has 0 saturated carbocycles. The summed E-state index contributed by atoms with van der Waals surface area (Å²) in [7, 11) is 1.72. The molecule has 0 aliphatic rings. The van der Waals surface area contributed by atoms with Crippen LogP contribution in [0.15, 0.2) is 19.9 Å². The second kappa shape index (κ2) is 3.11. The predicted octanol–water partition coefficient (Wildman–Crippen LogP) is 2.22. The maximum atomic E-state index is 11.2. The fourth-order valence-corrected chi connectivity index (χ4v) is 2.01. The Labute approximate surface area is 81.5 Å². The van der Waals surface area contributed by atoms with E-state index in [1.807, 2.05) is 6.92 Å². The average Bonchev–Trinajstić information content (AvgIpc) is 1.97. The number of hydrogen-bond acceptors (Lipinski definition) is 1. The molecule has 0 atom stereocenters. The Morgan fingerprint density at radius 1 is 1.45 bits per heavy atom. The van der Waals surface area contributed by atoms with Crippen LogP contribution in [0.25, 0.3) is 0 Å². The minimum Gasteiger partial charge on any atom is -0.316 e. The number of rotatable bonds is 0. The minimum absolute atomic E-state index is 0.00861. The summed E-state index contributed by atoms with van der Waals surface area (Å²) in [5, 5.41) is 0. The summed E-state index contributed by atoms with van der Waals surface area (Å²) in [6.45, 7) is 1.88. The Morgan fingerprint density at radius 2 is 2.00 bits per heavy atom. The predicted molar refractivity (Wildman–Crippen MR) is 51.8 cm³/mol. The van der Waals surface area contributed by atoms with Crippen LogP contribution in [0.2, 0.25) is 0 Å². The van der Waals surface area contributed by atoms with Crippen LogP contribution in [0.3, 0.4) is 0 Å². The van der Waals surface area contributed by atoms with E-state index in [0.29, 0.717) is 4.47 Å². The van der Waals surface area contributed by atoms with Crippen molar-refractivity contribution >= 4 is 31.9 Å². The number of aromatic nitrogens is 1. The highest BCUT2D eigenvalue weighted by molar-refractivity contribution is 9.11. The maximum absolute atomic E-state index is 11.2. The third kappa shape index (κ3) is 1.56. The first-order valence-corrected chi connectivity index (χ1v) is 4.64. The van der Waals surface area contributed by atoms with Gasteiger partial charge in [0.15, 0.2) is 0 Å². The first-order chi connectivity index (χ1) is 5.04. The number of halogens is 2. The lowest BCUT2D eigenvalue weighted by atomic mass is 10.3. The molecule has 1 aromatic heterocycles. The topological polar surface area (TPSA) is 22.0 Å². The molecule has 1 aromatic rings. The molecule has 1 rings (SSSR count). The highest BCUT2D eigenvalue weighted by Crippen LogP contribution is 2.19. The summed E-state index contributed by atoms with van der Waals surface area (Å²) in [5.41, 5.74) is 0.929. The van der Waals surface area contributed by atoms with Crippen molar-refractivity contribution in [3.05, 3.63) is 31.1 Å². The summed E-state index contributed by atoms with van der Waals surface area (Å²) in [5.74, 6) is 0. The lowest BCUT2D eigenvalue weighted by Crippen LogP contribution is -2.17. The summed E-state index contributed by atoms with van der Waals surface area (Å²) in [4.78, 5) is 11.2. The van der Waals surface area contributed by atoms with E-state index in [1.165, 1.54) is 4.57 Å². The Balaban J connectivity index is 3.59. The Hall–Kier alpha value is -0.0900. The summed E-state index contributed by atoms with van der Waals surface area (Å²) < 4.78 is 3.09. The van der Waals surface area contributed by atoms with Gasteiger partial charge in [-0.05, 0) is 44.3 Å². The van der Waals surface area contributed by atoms with Gasteiger partial charge in [-0.1, -0.05) is 0 Å². The van der Waals surface area contributed by atoms with Crippen LogP contribution in [0.4, 0.5) is 0 Å². The maximum Gasteiger partial charge on any atom is 0.264 e. The smallest absolute Gasteiger partial charge is 0.264 e. The van der Waals surface area contributed by atoms with E-state index in [0.717, 1.165) is 10.0 Å². The van der Waals surface area contributed by atoms with Crippen molar-refractivity contribution < 1.29 is 0 Å². The highest BCUT2D eigenvalue weighted by atomic mass is 79.9. The third-order valence-corrected chi connectivity index (χ3v) is 3.24. The number of nitrogens with zero attached hydrogens (tertiary/aromatic N) is 1. The number of pyridine rings is 1. The van der Waals surface area contributed by atoms with Crippen LogP contribution in [0, 0.1) is 6.92 Å². The molecule has 0 saturated heterocycles. The quantitative estimate of drug-likeness (QED) is 0.714. The standard InChI is InChI=1S/C7H7Br2NO/c1-4-5(8)3-10(2)7(11)6(4)9/h3H,1-2H3. The molecule has 11 heavy (non-hydrogen) atoms. The van der Waals surface area contributed by atoms with Crippen LogP contribution in [0.5, 0.6) is 0 Å². The molecule has 0 unspecified atom stereocenters. The van der Waals surface area contributed by atoms with Gasteiger partial charge in [-0.25, -0.2) is 0 Å². The number of aryl methyl sites for hydroxylation is 1. The van der Waals surface area contributed by atoms with Crippen molar-refractivity contribution in [1.82, 2.24) is 4.57 Å². The molecule has 4 heteroatoms. The molecule has 0 amide bonds. The molecule has 0 aromatic carbocycles. The van der Waals surface area contributed by atoms with Crippen molar-refractivity contribution in [2.24, 2.45) is 7.05 Å². The van der Waals surface area contributed by atoms with Gasteiger partial charge in [0.25, 0.3) is 5.56 Å². The van der Waals surface area contributed by atoms with Gasteiger partial charge in [-0.2, -0.15) is 0 Å². The number of hydrogen-bond donors (Lipinski definition) is 0. The average molecular weight is 281 g/mol. The molecule has 60 valence electrons. The van der Waals surface area contributed by atoms with Gasteiger partial charge in [0.1, 0.15) is 0 Å². The van der Waals surface area contributed by atoms with Gasteiger partial charge < -0.3 is 4.57 Å². The zero-order valence-electron chi connectivity index (χ0n) is 6.19. The lowest BCUT2D eigenvalue weighted by Gasteiger charge is -2.03. The highest BCUT2D eigenvalue weighted by Gasteiger charge is 2.05. The summed E-state index contributed by atoms with van der Waals surface area (Å²) >= 11 is 6.56. The van der Waals surface area contributed by atoms with E-state index in [9.17, 15) is 4.79 Å². The zero-order chi connectivity index (χ0) is 8.59. The normalized spacial score (nSPS) is 10.2. The van der Waals surface area contributed by atoms with Crippen LogP contribution >= 0.6 is 31.9 Å².